The average molecular weight is 344 g/mol. The minimum Gasteiger partial charge on any atom is -0.383 e. The normalized spacial score (nSPS) is 21.9. The van der Waals surface area contributed by atoms with Crippen molar-refractivity contribution in [2.45, 2.75) is 38.8 Å². The summed E-state index contributed by atoms with van der Waals surface area (Å²) in [5.41, 5.74) is 0. The lowest BCUT2D eigenvalue weighted by Crippen LogP contribution is -2.43. The zero-order valence-electron chi connectivity index (χ0n) is 13.8. The maximum Gasteiger partial charge on any atom is 0.245 e. The predicted molar refractivity (Wildman–Crippen MR) is 88.6 cm³/mol. The van der Waals surface area contributed by atoms with Crippen LogP contribution in [0.5, 0.6) is 0 Å². The topological polar surface area (TPSA) is 72.3 Å². The number of amides is 1. The Kier molecular flexibility index (Phi) is 6.38. The lowest BCUT2D eigenvalue weighted by Gasteiger charge is -2.32. The number of fused-ring (bicyclic) bond motifs is 1. The van der Waals surface area contributed by atoms with E-state index in [4.69, 9.17) is 4.74 Å². The summed E-state index contributed by atoms with van der Waals surface area (Å²) in [5.74, 6) is 2.64. The molecule has 1 atom stereocenters. The van der Waals surface area contributed by atoms with Gasteiger partial charge < -0.3 is 19.5 Å². The summed E-state index contributed by atoms with van der Waals surface area (Å²) in [6.45, 7) is 5.78. The summed E-state index contributed by atoms with van der Waals surface area (Å²) >= 11 is 0. The number of piperidine rings is 1. The summed E-state index contributed by atoms with van der Waals surface area (Å²) in [7, 11) is 1.65. The minimum atomic E-state index is -0.215. The molecule has 0 spiro atoms. The number of methoxy groups -OCH3 is 1. The van der Waals surface area contributed by atoms with Crippen molar-refractivity contribution < 1.29 is 9.53 Å². The van der Waals surface area contributed by atoms with Crippen LogP contribution in [0.4, 0.5) is 0 Å². The first-order valence-electron chi connectivity index (χ1n) is 8.11. The van der Waals surface area contributed by atoms with E-state index in [-0.39, 0.29) is 24.4 Å². The molecule has 23 heavy (non-hydrogen) atoms. The van der Waals surface area contributed by atoms with Crippen LogP contribution in [0.2, 0.25) is 0 Å². The number of halogens is 1. The van der Waals surface area contributed by atoms with Gasteiger partial charge in [0, 0.05) is 20.1 Å². The molecule has 0 saturated carbocycles. The Morgan fingerprint density at radius 2 is 2.04 bits per heavy atom. The van der Waals surface area contributed by atoms with Gasteiger partial charge in [0.05, 0.1) is 13.2 Å². The number of hydrogen-bond donors (Lipinski definition) is 1. The second kappa shape index (κ2) is 8.08. The fraction of sp³-hybridized carbons (Fsp3) is 0.800. The van der Waals surface area contributed by atoms with Gasteiger partial charge in [-0.15, -0.1) is 22.6 Å². The van der Waals surface area contributed by atoms with Crippen molar-refractivity contribution in [1.82, 2.24) is 25.0 Å². The fourth-order valence-electron chi connectivity index (χ4n) is 3.41. The van der Waals surface area contributed by atoms with E-state index in [1.54, 1.807) is 7.11 Å². The van der Waals surface area contributed by atoms with E-state index in [0.717, 1.165) is 31.2 Å². The van der Waals surface area contributed by atoms with Crippen molar-refractivity contribution in [2.75, 3.05) is 33.4 Å². The highest BCUT2D eigenvalue weighted by Crippen LogP contribution is 2.25. The van der Waals surface area contributed by atoms with Gasteiger partial charge in [-0.25, -0.2) is 0 Å². The number of nitrogens with one attached hydrogen (secondary N) is 1. The molecule has 0 unspecified atom stereocenters. The van der Waals surface area contributed by atoms with Crippen LogP contribution in [-0.2, 0) is 22.5 Å². The van der Waals surface area contributed by atoms with Crippen LogP contribution >= 0.6 is 12.4 Å². The van der Waals surface area contributed by atoms with Crippen LogP contribution in [0.1, 0.15) is 37.5 Å². The van der Waals surface area contributed by atoms with Crippen molar-refractivity contribution in [3.05, 3.63) is 11.6 Å². The largest absolute Gasteiger partial charge is 0.383 e. The Morgan fingerprint density at radius 3 is 2.74 bits per heavy atom. The highest BCUT2D eigenvalue weighted by Gasteiger charge is 2.33. The molecule has 1 amide bonds. The molecule has 1 aromatic rings. The van der Waals surface area contributed by atoms with Crippen LogP contribution in [-0.4, -0.2) is 58.9 Å². The molecule has 8 heteroatoms. The third-order valence-corrected chi connectivity index (χ3v) is 4.72. The fourth-order valence-corrected chi connectivity index (χ4v) is 3.41. The molecule has 0 bridgehead atoms. The van der Waals surface area contributed by atoms with Gasteiger partial charge in [0.1, 0.15) is 11.9 Å². The van der Waals surface area contributed by atoms with Crippen LogP contribution in [0, 0.1) is 5.92 Å². The van der Waals surface area contributed by atoms with E-state index in [0.29, 0.717) is 25.6 Å². The summed E-state index contributed by atoms with van der Waals surface area (Å²) in [6.07, 6.45) is 3.26. The van der Waals surface area contributed by atoms with Crippen LogP contribution in [0.3, 0.4) is 0 Å². The van der Waals surface area contributed by atoms with E-state index >= 15 is 0 Å². The Labute approximate surface area is 143 Å². The summed E-state index contributed by atoms with van der Waals surface area (Å²) in [6, 6.07) is -0.215. The maximum atomic E-state index is 12.5. The standard InChI is InChI=1S/C15H25N5O2.ClH/c1-11-15(21)19(7-8-22-2)10-14-18-17-13(20(11)14)9-12-3-5-16-6-4-12;/h11-12,16H,3-10H2,1-2H3;1H/t11-;/m0./s1. The van der Waals surface area contributed by atoms with Gasteiger partial charge in [-0.2, -0.15) is 0 Å². The molecule has 1 fully saturated rings. The van der Waals surface area contributed by atoms with Gasteiger partial charge in [0.25, 0.3) is 0 Å². The zero-order valence-corrected chi connectivity index (χ0v) is 14.6. The van der Waals surface area contributed by atoms with Crippen molar-refractivity contribution in [2.24, 2.45) is 5.92 Å². The smallest absolute Gasteiger partial charge is 0.245 e. The molecule has 1 aromatic heterocycles. The Balaban J connectivity index is 0.00000192. The van der Waals surface area contributed by atoms with E-state index in [1.165, 1.54) is 12.8 Å². The summed E-state index contributed by atoms with van der Waals surface area (Å²) in [5, 5.41) is 12.1. The van der Waals surface area contributed by atoms with Crippen molar-refractivity contribution in [1.29, 1.82) is 0 Å². The van der Waals surface area contributed by atoms with Gasteiger partial charge in [-0.1, -0.05) is 0 Å². The monoisotopic (exact) mass is 343 g/mol. The molecule has 2 aliphatic rings. The summed E-state index contributed by atoms with van der Waals surface area (Å²) in [4.78, 5) is 14.3. The lowest BCUT2D eigenvalue weighted by molar-refractivity contribution is -0.137. The highest BCUT2D eigenvalue weighted by atomic mass is 35.5. The molecule has 1 N–H and O–H groups in total. The van der Waals surface area contributed by atoms with Crippen molar-refractivity contribution in [3.63, 3.8) is 0 Å². The van der Waals surface area contributed by atoms with E-state index in [1.807, 2.05) is 16.4 Å². The molecule has 3 heterocycles. The quantitative estimate of drug-likeness (QED) is 0.856. The van der Waals surface area contributed by atoms with Gasteiger partial charge >= 0.3 is 0 Å². The minimum absolute atomic E-state index is 0. The van der Waals surface area contributed by atoms with E-state index < -0.39 is 0 Å². The van der Waals surface area contributed by atoms with E-state index in [9.17, 15) is 4.79 Å². The molecule has 130 valence electrons. The molecular formula is C15H26ClN5O2. The van der Waals surface area contributed by atoms with Crippen molar-refractivity contribution in [3.8, 4) is 0 Å². The predicted octanol–water partition coefficient (Wildman–Crippen LogP) is 0.792. The Hall–Kier alpha value is -1.18. The lowest BCUT2D eigenvalue weighted by atomic mass is 9.94. The highest BCUT2D eigenvalue weighted by molar-refractivity contribution is 5.85. The van der Waals surface area contributed by atoms with Gasteiger partial charge in [-0.3, -0.25) is 4.79 Å². The maximum absolute atomic E-state index is 12.5. The average Bonchev–Trinajstić information content (AvgIpc) is 2.93. The first kappa shape index (κ1) is 18.2. The molecule has 3 rings (SSSR count). The summed E-state index contributed by atoms with van der Waals surface area (Å²) < 4.78 is 7.13. The Morgan fingerprint density at radius 1 is 1.30 bits per heavy atom. The van der Waals surface area contributed by atoms with Crippen LogP contribution in [0.25, 0.3) is 0 Å². The Bertz CT molecular complexity index is 530. The molecule has 2 aliphatic heterocycles. The molecule has 0 radical (unpaired) electrons. The number of rotatable bonds is 5. The number of ether oxygens (including phenoxy) is 1. The number of nitrogens with zero attached hydrogens (tertiary/aromatic N) is 4. The first-order chi connectivity index (χ1) is 10.7. The first-order valence-corrected chi connectivity index (χ1v) is 8.11. The van der Waals surface area contributed by atoms with Gasteiger partial charge in [-0.05, 0) is 38.8 Å². The molecule has 0 aliphatic carbocycles. The van der Waals surface area contributed by atoms with Gasteiger partial charge in [0.2, 0.25) is 5.91 Å². The van der Waals surface area contributed by atoms with Crippen LogP contribution < -0.4 is 5.32 Å². The number of hydrogen-bond acceptors (Lipinski definition) is 5. The molecule has 7 nitrogen and oxygen atoms in total. The molecule has 1 saturated heterocycles. The van der Waals surface area contributed by atoms with Crippen LogP contribution in [0.15, 0.2) is 0 Å². The number of carbonyl (C=O) groups is 1. The third kappa shape index (κ3) is 3.84. The van der Waals surface area contributed by atoms with Crippen molar-refractivity contribution >= 4 is 18.3 Å². The molecular weight excluding hydrogens is 318 g/mol. The third-order valence-electron chi connectivity index (χ3n) is 4.72. The SMILES string of the molecule is COCCN1Cc2nnc(CC3CCNCC3)n2[C@@H](C)C1=O.Cl. The zero-order chi connectivity index (χ0) is 15.5. The van der Waals surface area contributed by atoms with E-state index in [2.05, 4.69) is 15.5 Å². The number of carbonyl (C=O) groups excluding carboxylic acids is 1. The number of aromatic nitrogens is 3. The second-order valence-electron chi connectivity index (χ2n) is 6.23. The molecule has 0 aromatic carbocycles. The van der Waals surface area contributed by atoms with Gasteiger partial charge in [0.15, 0.2) is 5.82 Å². The second-order valence-corrected chi connectivity index (χ2v) is 6.23.